The molecule has 1 aromatic heterocycles. The molecule has 1 heterocycles. The number of benzene rings is 1. The summed E-state index contributed by atoms with van der Waals surface area (Å²) in [5.41, 5.74) is 3.17. The van der Waals surface area contributed by atoms with Crippen molar-refractivity contribution in [1.29, 1.82) is 0 Å². The Morgan fingerprint density at radius 1 is 1.24 bits per heavy atom. The Hall–Kier alpha value is -0.990. The molecule has 0 aliphatic heterocycles. The first-order valence-corrected chi connectivity index (χ1v) is 6.29. The van der Waals surface area contributed by atoms with E-state index in [1.165, 1.54) is 0 Å². The van der Waals surface area contributed by atoms with Gasteiger partial charge in [0, 0.05) is 28.2 Å². The summed E-state index contributed by atoms with van der Waals surface area (Å²) in [6.45, 7) is 8.08. The van der Waals surface area contributed by atoms with E-state index in [1.54, 1.807) is 6.92 Å². The molecule has 1 aromatic carbocycles. The van der Waals surface area contributed by atoms with Gasteiger partial charge in [0.05, 0.1) is 11.6 Å². The van der Waals surface area contributed by atoms with Crippen LogP contribution in [0.2, 0.25) is 5.02 Å². The Balaban J connectivity index is 2.86. The fourth-order valence-corrected chi connectivity index (χ4v) is 2.42. The molecule has 1 N–H and O–H groups in total. The molecule has 1 unspecified atom stereocenters. The number of hydrogen-bond acceptors (Lipinski definition) is 1. The second kappa shape index (κ2) is 4.35. The minimum atomic E-state index is -0.460. The zero-order valence-corrected chi connectivity index (χ0v) is 11.4. The molecule has 0 amide bonds. The molecular weight excluding hydrogens is 234 g/mol. The first-order chi connectivity index (χ1) is 7.93. The third kappa shape index (κ3) is 1.96. The summed E-state index contributed by atoms with van der Waals surface area (Å²) in [6.07, 6.45) is 1.57. The highest BCUT2D eigenvalue weighted by atomic mass is 35.5. The summed E-state index contributed by atoms with van der Waals surface area (Å²) in [5, 5.41) is 11.7. The van der Waals surface area contributed by atoms with Gasteiger partial charge in [-0.05, 0) is 39.3 Å². The lowest BCUT2D eigenvalue weighted by atomic mass is 10.1. The topological polar surface area (TPSA) is 25.2 Å². The van der Waals surface area contributed by atoms with Gasteiger partial charge in [0.2, 0.25) is 0 Å². The van der Waals surface area contributed by atoms with Gasteiger partial charge in [-0.1, -0.05) is 17.7 Å². The SMILES string of the molecule is Cc1c(Cl)ccc2c(C(C)O)cn(C(C)C)c12. The molecule has 92 valence electrons. The number of rotatable bonds is 2. The molecule has 2 nitrogen and oxygen atoms in total. The molecule has 0 saturated carbocycles. The van der Waals surface area contributed by atoms with E-state index in [0.29, 0.717) is 6.04 Å². The smallest absolute Gasteiger partial charge is 0.0782 e. The molecule has 0 bridgehead atoms. The van der Waals surface area contributed by atoms with Crippen molar-refractivity contribution in [2.75, 3.05) is 0 Å². The summed E-state index contributed by atoms with van der Waals surface area (Å²) in [5.74, 6) is 0. The monoisotopic (exact) mass is 251 g/mol. The number of aliphatic hydroxyl groups is 1. The van der Waals surface area contributed by atoms with Crippen LogP contribution in [0.15, 0.2) is 18.3 Å². The molecular formula is C14H18ClNO. The third-order valence-electron chi connectivity index (χ3n) is 3.22. The van der Waals surface area contributed by atoms with Crippen LogP contribution < -0.4 is 0 Å². The van der Waals surface area contributed by atoms with Crippen LogP contribution in [-0.2, 0) is 0 Å². The van der Waals surface area contributed by atoms with Crippen LogP contribution in [0.3, 0.4) is 0 Å². The fourth-order valence-electron chi connectivity index (χ4n) is 2.27. The first-order valence-electron chi connectivity index (χ1n) is 5.91. The Bertz CT molecular complexity index is 555. The highest BCUT2D eigenvalue weighted by Gasteiger charge is 2.16. The van der Waals surface area contributed by atoms with Crippen LogP contribution in [-0.4, -0.2) is 9.67 Å². The van der Waals surface area contributed by atoms with Gasteiger partial charge in [0.1, 0.15) is 0 Å². The second-order valence-corrected chi connectivity index (χ2v) is 5.24. The minimum absolute atomic E-state index is 0.349. The molecule has 2 rings (SSSR count). The van der Waals surface area contributed by atoms with Crippen LogP contribution in [0.4, 0.5) is 0 Å². The largest absolute Gasteiger partial charge is 0.389 e. The summed E-state index contributed by atoms with van der Waals surface area (Å²) < 4.78 is 2.18. The maximum absolute atomic E-state index is 9.83. The van der Waals surface area contributed by atoms with Gasteiger partial charge in [-0.2, -0.15) is 0 Å². The van der Waals surface area contributed by atoms with Crippen molar-refractivity contribution in [2.24, 2.45) is 0 Å². The van der Waals surface area contributed by atoms with Gasteiger partial charge in [0.25, 0.3) is 0 Å². The Morgan fingerprint density at radius 3 is 2.41 bits per heavy atom. The van der Waals surface area contributed by atoms with E-state index in [2.05, 4.69) is 18.4 Å². The molecule has 1 atom stereocenters. The molecule has 0 aliphatic rings. The number of aliphatic hydroxyl groups excluding tert-OH is 1. The van der Waals surface area contributed by atoms with E-state index in [9.17, 15) is 5.11 Å². The Kier molecular flexibility index (Phi) is 3.19. The normalized spacial score (nSPS) is 13.6. The zero-order chi connectivity index (χ0) is 12.7. The maximum atomic E-state index is 9.83. The van der Waals surface area contributed by atoms with Crippen LogP contribution in [0.5, 0.6) is 0 Å². The average molecular weight is 252 g/mol. The number of aromatic nitrogens is 1. The van der Waals surface area contributed by atoms with E-state index < -0.39 is 6.10 Å². The molecule has 3 heteroatoms. The van der Waals surface area contributed by atoms with Gasteiger partial charge >= 0.3 is 0 Å². The first kappa shape index (κ1) is 12.5. The molecule has 0 aliphatic carbocycles. The lowest BCUT2D eigenvalue weighted by Gasteiger charge is -2.11. The molecule has 0 saturated heterocycles. The number of nitrogens with zero attached hydrogens (tertiary/aromatic N) is 1. The van der Waals surface area contributed by atoms with Crippen molar-refractivity contribution >= 4 is 22.5 Å². The van der Waals surface area contributed by atoms with Gasteiger partial charge in [-0.15, -0.1) is 0 Å². The van der Waals surface area contributed by atoms with Gasteiger partial charge in [-0.3, -0.25) is 0 Å². The highest BCUT2D eigenvalue weighted by Crippen LogP contribution is 2.33. The standard InChI is InChI=1S/C14H18ClNO/c1-8(2)16-7-12(10(4)17)11-5-6-13(15)9(3)14(11)16/h5-8,10,17H,1-4H3. The number of aryl methyl sites for hydroxylation is 1. The van der Waals surface area contributed by atoms with Crippen molar-refractivity contribution < 1.29 is 5.11 Å². The van der Waals surface area contributed by atoms with Crippen LogP contribution in [0.1, 0.15) is 44.0 Å². The zero-order valence-electron chi connectivity index (χ0n) is 10.7. The van der Waals surface area contributed by atoms with E-state index in [0.717, 1.165) is 27.1 Å². The summed E-state index contributed by atoms with van der Waals surface area (Å²) in [7, 11) is 0. The van der Waals surface area contributed by atoms with Crippen molar-refractivity contribution in [3.8, 4) is 0 Å². The molecule has 0 radical (unpaired) electrons. The Labute approximate surface area is 107 Å². The van der Waals surface area contributed by atoms with E-state index in [-0.39, 0.29) is 0 Å². The van der Waals surface area contributed by atoms with Crippen LogP contribution >= 0.6 is 11.6 Å². The third-order valence-corrected chi connectivity index (χ3v) is 3.63. The lowest BCUT2D eigenvalue weighted by molar-refractivity contribution is 0.200. The molecule has 0 spiro atoms. The van der Waals surface area contributed by atoms with E-state index in [1.807, 2.05) is 25.3 Å². The Morgan fingerprint density at radius 2 is 1.88 bits per heavy atom. The maximum Gasteiger partial charge on any atom is 0.0782 e. The quantitative estimate of drug-likeness (QED) is 0.849. The summed E-state index contributed by atoms with van der Waals surface area (Å²) in [6, 6.07) is 4.24. The molecule has 0 fully saturated rings. The van der Waals surface area contributed by atoms with E-state index in [4.69, 9.17) is 11.6 Å². The summed E-state index contributed by atoms with van der Waals surface area (Å²) in [4.78, 5) is 0. The van der Waals surface area contributed by atoms with Crippen molar-refractivity contribution in [1.82, 2.24) is 4.57 Å². The number of halogens is 1. The van der Waals surface area contributed by atoms with E-state index >= 15 is 0 Å². The van der Waals surface area contributed by atoms with Crippen LogP contribution in [0, 0.1) is 6.92 Å². The van der Waals surface area contributed by atoms with Crippen LogP contribution in [0.25, 0.3) is 10.9 Å². The lowest BCUT2D eigenvalue weighted by Crippen LogP contribution is -1.99. The van der Waals surface area contributed by atoms with Gasteiger partial charge in [0.15, 0.2) is 0 Å². The van der Waals surface area contributed by atoms with Crippen molar-refractivity contribution in [3.63, 3.8) is 0 Å². The molecule has 17 heavy (non-hydrogen) atoms. The predicted octanol–water partition coefficient (Wildman–Crippen LogP) is 4.24. The second-order valence-electron chi connectivity index (χ2n) is 4.83. The van der Waals surface area contributed by atoms with Crippen molar-refractivity contribution in [3.05, 3.63) is 34.5 Å². The average Bonchev–Trinajstić information content (AvgIpc) is 2.63. The molecule has 2 aromatic rings. The number of fused-ring (bicyclic) bond motifs is 1. The summed E-state index contributed by atoms with van der Waals surface area (Å²) >= 11 is 6.18. The van der Waals surface area contributed by atoms with Gasteiger partial charge < -0.3 is 9.67 Å². The highest BCUT2D eigenvalue weighted by molar-refractivity contribution is 6.32. The number of hydrogen-bond donors (Lipinski definition) is 1. The predicted molar refractivity (Wildman–Crippen MR) is 72.7 cm³/mol. The fraction of sp³-hybridized carbons (Fsp3) is 0.429. The minimum Gasteiger partial charge on any atom is -0.389 e. The van der Waals surface area contributed by atoms with Gasteiger partial charge in [-0.25, -0.2) is 0 Å². The van der Waals surface area contributed by atoms with Crippen molar-refractivity contribution in [2.45, 2.75) is 39.8 Å².